The van der Waals surface area contributed by atoms with Crippen LogP contribution in [0.3, 0.4) is 0 Å². The Morgan fingerprint density at radius 2 is 1.69 bits per heavy atom. The van der Waals surface area contributed by atoms with Crippen LogP contribution in [0.15, 0.2) is 24.3 Å². The summed E-state index contributed by atoms with van der Waals surface area (Å²) in [6, 6.07) is 5.99. The number of hydrogen-bond donors (Lipinski definition) is 0. The van der Waals surface area contributed by atoms with Gasteiger partial charge in [-0.1, -0.05) is 12.1 Å². The van der Waals surface area contributed by atoms with Gasteiger partial charge in [-0.15, -0.1) is 5.73 Å². The van der Waals surface area contributed by atoms with Gasteiger partial charge in [-0.2, -0.15) is 18.4 Å². The van der Waals surface area contributed by atoms with Crippen LogP contribution in [-0.4, -0.2) is 6.54 Å². The molecule has 0 bridgehead atoms. The predicted molar refractivity (Wildman–Crippen MR) is 48.9 cm³/mol. The van der Waals surface area contributed by atoms with Crippen LogP contribution in [0.1, 0.15) is 17.0 Å². The van der Waals surface area contributed by atoms with Crippen LogP contribution in [0.5, 0.6) is 0 Å². The maximum Gasteiger partial charge on any atom is 0.416 e. The third-order valence-corrected chi connectivity index (χ3v) is 1.98. The highest BCUT2D eigenvalue weighted by Gasteiger charge is 2.30. The second kappa shape index (κ2) is 5.49. The molecular formula is C10H7F3N3. The molecule has 1 aromatic rings. The fraction of sp³-hybridized carbons (Fsp3) is 0.300. The van der Waals surface area contributed by atoms with Crippen LogP contribution < -0.4 is 11.9 Å². The predicted octanol–water partition coefficient (Wildman–Crippen LogP) is 1.90. The van der Waals surface area contributed by atoms with E-state index in [1.807, 2.05) is 0 Å². The van der Waals surface area contributed by atoms with E-state index in [2.05, 4.69) is 0 Å². The molecule has 0 aliphatic heterocycles. The van der Waals surface area contributed by atoms with E-state index < -0.39 is 24.2 Å². The highest BCUT2D eigenvalue weighted by atomic mass is 19.4. The summed E-state index contributed by atoms with van der Waals surface area (Å²) in [6.07, 6.45) is -4.38. The topological polar surface area (TPSA) is 76.6 Å². The maximum atomic E-state index is 12.2. The molecule has 6 heteroatoms. The Kier molecular flexibility index (Phi) is 4.95. The van der Waals surface area contributed by atoms with Crippen LogP contribution in [0.25, 0.3) is 0 Å². The second-order valence-corrected chi connectivity index (χ2v) is 2.98. The van der Waals surface area contributed by atoms with Crippen LogP contribution in [0.4, 0.5) is 13.2 Å². The lowest BCUT2D eigenvalue weighted by Gasteiger charge is -2.09. The molecule has 0 heterocycles. The molecule has 5 radical (unpaired) electrons. The number of benzene rings is 1. The maximum absolute atomic E-state index is 12.2. The van der Waals surface area contributed by atoms with E-state index in [9.17, 15) is 13.2 Å². The van der Waals surface area contributed by atoms with Gasteiger partial charge in [-0.25, -0.2) is 0 Å². The first-order valence-corrected chi connectivity index (χ1v) is 4.16. The molecule has 0 saturated carbocycles. The average molecular weight is 226 g/mol. The first-order chi connectivity index (χ1) is 6.99. The normalized spacial score (nSPS) is 12.4. The Morgan fingerprint density at radius 1 is 1.19 bits per heavy atom. The van der Waals surface area contributed by atoms with Crippen LogP contribution in [-0.2, 0) is 6.18 Å². The molecule has 0 N–H and O–H groups in total. The molecule has 0 spiro atoms. The van der Waals surface area contributed by atoms with E-state index in [0.717, 1.165) is 12.1 Å². The minimum absolute atomic E-state index is 0. The first kappa shape index (κ1) is 14.4. The summed E-state index contributed by atoms with van der Waals surface area (Å²) in [5, 5.41) is 8.58. The zero-order valence-corrected chi connectivity index (χ0v) is 8.07. The number of rotatable bonds is 2. The fourth-order valence-corrected chi connectivity index (χ4v) is 1.13. The van der Waals surface area contributed by atoms with Crippen molar-refractivity contribution in [3.8, 4) is 6.07 Å². The zero-order valence-electron chi connectivity index (χ0n) is 8.07. The molecule has 3 nitrogen and oxygen atoms in total. The van der Waals surface area contributed by atoms with Crippen molar-refractivity contribution < 1.29 is 13.2 Å². The van der Waals surface area contributed by atoms with Crippen molar-refractivity contribution in [2.24, 2.45) is 0 Å². The molecule has 0 saturated heterocycles. The average Bonchev–Trinajstić information content (AvgIpc) is 2.19. The fourth-order valence-electron chi connectivity index (χ4n) is 1.13. The van der Waals surface area contributed by atoms with Gasteiger partial charge in [0.2, 0.25) is 0 Å². The Morgan fingerprint density at radius 3 is 2.00 bits per heavy atom. The van der Waals surface area contributed by atoms with E-state index in [-0.39, 0.29) is 6.15 Å². The standard InChI is InChI=1S/C10H7F3N2.N/c11-10(12,13)9-3-1-7(2-4-9)8(5-14)6-15;/h1-4,8H,5H2;. The quantitative estimate of drug-likeness (QED) is 0.758. The van der Waals surface area contributed by atoms with Gasteiger partial charge in [0.05, 0.1) is 24.1 Å². The van der Waals surface area contributed by atoms with Gasteiger partial charge in [0.15, 0.2) is 0 Å². The molecule has 0 aliphatic rings. The van der Waals surface area contributed by atoms with Crippen molar-refractivity contribution in [2.75, 3.05) is 6.54 Å². The number of alkyl halides is 3. The Hall–Kier alpha value is -1.58. The van der Waals surface area contributed by atoms with Gasteiger partial charge in [0.1, 0.15) is 0 Å². The van der Waals surface area contributed by atoms with E-state index in [1.54, 1.807) is 6.07 Å². The lowest BCUT2D eigenvalue weighted by molar-refractivity contribution is -0.137. The minimum Gasteiger partial charge on any atom is -0.198 e. The molecule has 1 unspecified atom stereocenters. The molecule has 0 amide bonds. The Bertz CT molecular complexity index is 364. The summed E-state index contributed by atoms with van der Waals surface area (Å²) < 4.78 is 36.5. The van der Waals surface area contributed by atoms with Crippen molar-refractivity contribution in [3.05, 3.63) is 35.4 Å². The monoisotopic (exact) mass is 226 g/mol. The van der Waals surface area contributed by atoms with Gasteiger partial charge >= 0.3 is 6.18 Å². The van der Waals surface area contributed by atoms with Crippen molar-refractivity contribution in [3.63, 3.8) is 0 Å². The van der Waals surface area contributed by atoms with Gasteiger partial charge in [0, 0.05) is 6.15 Å². The van der Waals surface area contributed by atoms with E-state index in [0.29, 0.717) is 5.56 Å². The van der Waals surface area contributed by atoms with E-state index in [1.165, 1.54) is 12.1 Å². The first-order valence-electron chi connectivity index (χ1n) is 4.16. The van der Waals surface area contributed by atoms with Gasteiger partial charge in [0.25, 0.3) is 0 Å². The van der Waals surface area contributed by atoms with Crippen molar-refractivity contribution in [1.82, 2.24) is 11.9 Å². The van der Waals surface area contributed by atoms with Crippen LogP contribution >= 0.6 is 0 Å². The van der Waals surface area contributed by atoms with Gasteiger partial charge in [-0.05, 0) is 17.7 Å². The summed E-state index contributed by atoms with van der Waals surface area (Å²) >= 11 is 0. The lowest BCUT2D eigenvalue weighted by Crippen LogP contribution is -2.06. The van der Waals surface area contributed by atoms with Crippen molar-refractivity contribution >= 4 is 0 Å². The van der Waals surface area contributed by atoms with E-state index >= 15 is 0 Å². The summed E-state index contributed by atoms with van der Waals surface area (Å²) in [5.74, 6) is -0.771. The van der Waals surface area contributed by atoms with E-state index in [4.69, 9.17) is 11.0 Å². The molecule has 0 aromatic heterocycles. The summed E-state index contributed by atoms with van der Waals surface area (Å²) in [5.41, 5.74) is 8.38. The summed E-state index contributed by atoms with van der Waals surface area (Å²) in [6.45, 7) is -0.401. The molecule has 1 rings (SSSR count). The number of halogens is 3. The summed E-state index contributed by atoms with van der Waals surface area (Å²) in [7, 11) is 0. The minimum atomic E-state index is -4.38. The largest absolute Gasteiger partial charge is 0.416 e. The van der Waals surface area contributed by atoms with Crippen LogP contribution in [0, 0.1) is 11.3 Å². The molecule has 0 aliphatic carbocycles. The molecule has 16 heavy (non-hydrogen) atoms. The summed E-state index contributed by atoms with van der Waals surface area (Å²) in [4.78, 5) is 0. The lowest BCUT2D eigenvalue weighted by atomic mass is 9.99. The third kappa shape index (κ3) is 3.22. The van der Waals surface area contributed by atoms with Gasteiger partial charge in [-0.3, -0.25) is 0 Å². The highest BCUT2D eigenvalue weighted by molar-refractivity contribution is 5.30. The third-order valence-electron chi connectivity index (χ3n) is 1.98. The number of hydrogen-bond acceptors (Lipinski definition) is 1. The number of nitriles is 1. The zero-order chi connectivity index (χ0) is 11.5. The second-order valence-electron chi connectivity index (χ2n) is 2.98. The van der Waals surface area contributed by atoms with Crippen molar-refractivity contribution in [1.29, 1.82) is 5.26 Å². The van der Waals surface area contributed by atoms with Gasteiger partial charge < -0.3 is 0 Å². The molecular weight excluding hydrogens is 219 g/mol. The Balaban J connectivity index is 0.00000225. The number of nitrogens with zero attached hydrogens (tertiary/aromatic N) is 3. The van der Waals surface area contributed by atoms with Crippen LogP contribution in [0.2, 0.25) is 0 Å². The molecule has 1 atom stereocenters. The SMILES string of the molecule is [N].[N]CC(C#N)c1ccc(C(F)(F)F)cc1. The molecule has 0 fully saturated rings. The highest BCUT2D eigenvalue weighted by Crippen LogP contribution is 2.29. The Labute approximate surface area is 91.3 Å². The molecule has 1 aromatic carbocycles. The van der Waals surface area contributed by atoms with Crippen molar-refractivity contribution in [2.45, 2.75) is 12.1 Å². The molecule has 83 valence electrons. The smallest absolute Gasteiger partial charge is 0.198 e.